The number of carbonyl (C=O) groups excluding carboxylic acids is 5. The number of rotatable bonds is 24. The van der Waals surface area contributed by atoms with Crippen molar-refractivity contribution >= 4 is 41.3 Å². The van der Waals surface area contributed by atoms with Crippen LogP contribution in [0, 0.1) is 0 Å². The highest BCUT2D eigenvalue weighted by atomic mass is 19.4. The fourth-order valence-corrected chi connectivity index (χ4v) is 4.86. The van der Waals surface area contributed by atoms with Gasteiger partial charge in [-0.2, -0.15) is 13.2 Å². The van der Waals surface area contributed by atoms with Gasteiger partial charge in [-0.1, -0.05) is 38.0 Å². The highest BCUT2D eigenvalue weighted by molar-refractivity contribution is 5.99. The fraction of sp³-hybridized carbons (Fsp3) is 0.594. The van der Waals surface area contributed by atoms with E-state index < -0.39 is 66.2 Å². The molecule has 0 aliphatic carbocycles. The van der Waals surface area contributed by atoms with Crippen LogP contribution in [-0.2, 0) is 19.2 Å². The van der Waals surface area contributed by atoms with E-state index >= 15 is 0 Å². The number of alkyl halides is 3. The first-order valence-electron chi connectivity index (χ1n) is 16.9. The molecule has 19 heteroatoms. The van der Waals surface area contributed by atoms with Crippen LogP contribution in [0.15, 0.2) is 35.3 Å². The molecule has 0 radical (unpaired) electrons. The Morgan fingerprint density at radius 2 is 1.24 bits per heavy atom. The standard InChI is InChI=1S/C32H52F3N11O5/c1-2-3-13-22(44-26(48)20-11-5-4-6-12-20)28(50)45-23(14-7-8-17-36)29(51)46-24(16-10-19-42-31(39)40)27(49)43-21(25(47)32(33,34)35)15-9-18-41-30(37)38/h4-6,11-12,21-24H,2-3,7-10,13-19,36H2,1H3,(H,43,49)(H,44,48)(H,45,50)(H,46,51)(H4,37,38,41)(H4,39,40,42)/p+1/t21-,22-,23-,24-/m0/s1. The normalized spacial score (nSPS) is 13.4. The van der Waals surface area contributed by atoms with Gasteiger partial charge in [0, 0.05) is 12.1 Å². The van der Waals surface area contributed by atoms with Crippen molar-refractivity contribution in [2.75, 3.05) is 19.6 Å². The van der Waals surface area contributed by atoms with Gasteiger partial charge in [0.25, 0.3) is 11.7 Å². The quantitative estimate of drug-likeness (QED) is 0.0314. The molecule has 15 N–H and O–H groups in total. The van der Waals surface area contributed by atoms with Gasteiger partial charge in [0.2, 0.25) is 17.7 Å². The van der Waals surface area contributed by atoms with Crippen molar-refractivity contribution in [1.82, 2.24) is 21.3 Å². The average molecular weight is 729 g/mol. The molecule has 0 saturated heterocycles. The molecule has 4 amide bonds. The molecule has 1 aromatic carbocycles. The van der Waals surface area contributed by atoms with Gasteiger partial charge in [-0.25, -0.2) is 0 Å². The molecule has 1 rings (SSSR count). The molecule has 51 heavy (non-hydrogen) atoms. The third-order valence-electron chi connectivity index (χ3n) is 7.57. The number of nitrogens with two attached hydrogens (primary N) is 5. The van der Waals surface area contributed by atoms with Gasteiger partial charge in [-0.15, -0.1) is 0 Å². The number of amides is 4. The molecule has 0 fully saturated rings. The van der Waals surface area contributed by atoms with E-state index in [1.165, 1.54) is 0 Å². The van der Waals surface area contributed by atoms with E-state index in [0.717, 1.165) is 6.42 Å². The molecule has 0 heterocycles. The van der Waals surface area contributed by atoms with Crippen LogP contribution in [0.5, 0.6) is 0 Å². The fourth-order valence-electron chi connectivity index (χ4n) is 4.86. The van der Waals surface area contributed by atoms with E-state index in [0.29, 0.717) is 31.4 Å². The largest absolute Gasteiger partial charge is 0.452 e. The first-order valence-corrected chi connectivity index (χ1v) is 16.9. The lowest BCUT2D eigenvalue weighted by Gasteiger charge is -2.27. The summed E-state index contributed by atoms with van der Waals surface area (Å²) in [5.41, 5.74) is 27.3. The third kappa shape index (κ3) is 18.0. The van der Waals surface area contributed by atoms with Gasteiger partial charge in [0.1, 0.15) is 18.1 Å². The number of hydrogen-bond acceptors (Lipinski definition) is 7. The summed E-state index contributed by atoms with van der Waals surface area (Å²) in [6.07, 6.45) is -3.19. The van der Waals surface area contributed by atoms with Crippen LogP contribution in [0.1, 0.15) is 81.5 Å². The molecule has 0 aliphatic rings. The molecular weight excluding hydrogens is 675 g/mol. The van der Waals surface area contributed by atoms with E-state index in [2.05, 4.69) is 31.3 Å². The van der Waals surface area contributed by atoms with E-state index in [1.54, 1.807) is 30.3 Å². The molecule has 16 nitrogen and oxygen atoms in total. The Bertz CT molecular complexity index is 1320. The number of ketones is 1. The molecule has 0 unspecified atom stereocenters. The summed E-state index contributed by atoms with van der Waals surface area (Å²) >= 11 is 0. The van der Waals surface area contributed by atoms with Crippen molar-refractivity contribution in [2.24, 2.45) is 33.7 Å². The van der Waals surface area contributed by atoms with Gasteiger partial charge < -0.3 is 38.5 Å². The van der Waals surface area contributed by atoms with E-state index in [-0.39, 0.29) is 57.1 Å². The smallest absolute Gasteiger partial charge is 0.370 e. The number of halogens is 3. The average Bonchev–Trinajstić information content (AvgIpc) is 3.07. The summed E-state index contributed by atoms with van der Waals surface area (Å²) in [5, 5.41) is 10.0. The Kier molecular flexibility index (Phi) is 20.3. The highest BCUT2D eigenvalue weighted by Crippen LogP contribution is 2.20. The first-order chi connectivity index (χ1) is 24.1. The van der Waals surface area contributed by atoms with E-state index in [9.17, 15) is 37.1 Å². The zero-order valence-corrected chi connectivity index (χ0v) is 28.9. The maximum absolute atomic E-state index is 13.7. The minimum absolute atomic E-state index is 0.0769. The molecule has 0 bridgehead atoms. The SMILES string of the molecule is CCCC[C@H](NC(=O)c1ccccc1)C(=O)N[C@@H](CCCCN)C(=O)N[C@@H](CCC[NH+]=C(N)N)C(=O)N[C@@H](CCCN=C(N)N)C(=O)C(F)(F)F. The maximum atomic E-state index is 13.7. The van der Waals surface area contributed by atoms with Crippen molar-refractivity contribution < 1.29 is 42.1 Å². The molecule has 0 spiro atoms. The van der Waals surface area contributed by atoms with E-state index in [4.69, 9.17) is 28.7 Å². The number of unbranched alkanes of at least 4 members (excludes halogenated alkanes) is 2. The lowest BCUT2D eigenvalue weighted by molar-refractivity contribution is -0.459. The van der Waals surface area contributed by atoms with Crippen LogP contribution >= 0.6 is 0 Å². The summed E-state index contributed by atoms with van der Waals surface area (Å²) < 4.78 is 40.4. The van der Waals surface area contributed by atoms with E-state index in [1.807, 2.05) is 6.92 Å². The molecule has 0 aromatic heterocycles. The summed E-state index contributed by atoms with van der Waals surface area (Å²) in [6.45, 7) is 2.25. The second-order valence-electron chi connectivity index (χ2n) is 11.8. The summed E-state index contributed by atoms with van der Waals surface area (Å²) in [4.78, 5) is 72.1. The van der Waals surface area contributed by atoms with Crippen LogP contribution < -0.4 is 54.9 Å². The minimum atomic E-state index is -5.27. The van der Waals surface area contributed by atoms with Crippen molar-refractivity contribution in [3.05, 3.63) is 35.9 Å². The van der Waals surface area contributed by atoms with Crippen LogP contribution in [0.25, 0.3) is 0 Å². The molecular formula is C32H53F3N11O5+. The van der Waals surface area contributed by atoms with Gasteiger partial charge in [-0.05, 0) is 70.0 Å². The number of Topliss-reactive ketones (excluding diaryl/α,β-unsaturated/α-hetero) is 1. The second-order valence-corrected chi connectivity index (χ2v) is 11.8. The summed E-state index contributed by atoms with van der Waals surface area (Å²) in [7, 11) is 0. The van der Waals surface area contributed by atoms with Gasteiger partial charge in [-0.3, -0.25) is 45.4 Å². The Morgan fingerprint density at radius 3 is 1.75 bits per heavy atom. The molecule has 4 atom stereocenters. The monoisotopic (exact) mass is 728 g/mol. The number of nitrogens with zero attached hydrogens (tertiary/aromatic N) is 1. The Hall–Kier alpha value is -4.94. The van der Waals surface area contributed by atoms with Crippen molar-refractivity contribution in [1.29, 1.82) is 0 Å². The first kappa shape index (κ1) is 44.1. The Labute approximate surface area is 295 Å². The number of hydrogen-bond donors (Lipinski definition) is 10. The zero-order valence-electron chi connectivity index (χ0n) is 28.9. The molecule has 286 valence electrons. The van der Waals surface area contributed by atoms with Crippen LogP contribution in [0.2, 0.25) is 0 Å². The number of benzene rings is 1. The predicted octanol–water partition coefficient (Wildman–Crippen LogP) is -2.12. The lowest BCUT2D eigenvalue weighted by Crippen LogP contribution is -2.78. The topological polar surface area (TPSA) is 290 Å². The van der Waals surface area contributed by atoms with Crippen LogP contribution in [-0.4, -0.2) is 91.3 Å². The Morgan fingerprint density at radius 1 is 0.725 bits per heavy atom. The minimum Gasteiger partial charge on any atom is -0.370 e. The number of nitrogens with one attached hydrogen (secondary N) is 5. The molecule has 0 saturated carbocycles. The van der Waals surface area contributed by atoms with Crippen LogP contribution in [0.3, 0.4) is 0 Å². The molecule has 1 aromatic rings. The molecule has 0 aliphatic heterocycles. The zero-order chi connectivity index (χ0) is 38.4. The lowest BCUT2D eigenvalue weighted by atomic mass is 10.0. The number of guanidine groups is 2. The second kappa shape index (κ2) is 23.5. The van der Waals surface area contributed by atoms with Gasteiger partial charge in [0.15, 0.2) is 5.96 Å². The number of aliphatic imine (C=N–C) groups is 1. The summed E-state index contributed by atoms with van der Waals surface area (Å²) in [6, 6.07) is 2.61. The van der Waals surface area contributed by atoms with Crippen molar-refractivity contribution in [3.63, 3.8) is 0 Å². The maximum Gasteiger partial charge on any atom is 0.452 e. The van der Waals surface area contributed by atoms with Crippen molar-refractivity contribution in [3.8, 4) is 0 Å². The predicted molar refractivity (Wildman–Crippen MR) is 185 cm³/mol. The Balaban J connectivity index is 3.30. The highest BCUT2D eigenvalue weighted by Gasteiger charge is 2.44. The van der Waals surface area contributed by atoms with Crippen LogP contribution in [0.4, 0.5) is 13.2 Å². The number of carbonyl (C=O) groups is 5. The van der Waals surface area contributed by atoms with Gasteiger partial charge >= 0.3 is 12.1 Å². The van der Waals surface area contributed by atoms with Gasteiger partial charge in [0.05, 0.1) is 12.6 Å². The van der Waals surface area contributed by atoms with Crippen molar-refractivity contribution in [2.45, 2.75) is 101 Å². The summed E-state index contributed by atoms with van der Waals surface area (Å²) in [5.74, 6) is -5.62. The third-order valence-corrected chi connectivity index (χ3v) is 7.57.